The van der Waals surface area contributed by atoms with E-state index in [9.17, 15) is 14.0 Å². The lowest BCUT2D eigenvalue weighted by Crippen LogP contribution is -2.28. The van der Waals surface area contributed by atoms with Crippen molar-refractivity contribution in [3.8, 4) is 0 Å². The normalized spacial score (nSPS) is 10.7. The first kappa shape index (κ1) is 19.6. The van der Waals surface area contributed by atoms with Gasteiger partial charge < -0.3 is 5.32 Å². The molecule has 2 amide bonds. The van der Waals surface area contributed by atoms with Crippen LogP contribution >= 0.6 is 11.6 Å². The summed E-state index contributed by atoms with van der Waals surface area (Å²) < 4.78 is 12.9. The average Bonchev–Trinajstić information content (AvgIpc) is 2.63. The number of carbonyl (C=O) groups is 2. The van der Waals surface area contributed by atoms with Crippen molar-refractivity contribution in [1.82, 2.24) is 10.7 Å². The lowest BCUT2D eigenvalue weighted by molar-refractivity contribution is 0.0920. The Kier molecular flexibility index (Phi) is 7.29. The van der Waals surface area contributed by atoms with Gasteiger partial charge in [-0.05, 0) is 42.3 Å². The maximum absolute atomic E-state index is 12.9. The number of benzene rings is 2. The standard InChI is InChI=1S/C19H19ClFN3O2/c1-2-3-10-22-18(25)16-9-6-14(20)11-17(16)19(26)24-23-12-13-4-7-15(21)8-5-13/h4-9,11-12H,2-3,10H2,1H3,(H,22,25)(H,24,26)/b23-12+. The van der Waals surface area contributed by atoms with Crippen molar-refractivity contribution in [2.45, 2.75) is 19.8 Å². The van der Waals surface area contributed by atoms with Gasteiger partial charge in [-0.25, -0.2) is 9.82 Å². The van der Waals surface area contributed by atoms with Gasteiger partial charge in [0.25, 0.3) is 11.8 Å². The fraction of sp³-hybridized carbons (Fsp3) is 0.211. The maximum Gasteiger partial charge on any atom is 0.272 e. The van der Waals surface area contributed by atoms with Crippen LogP contribution in [0.5, 0.6) is 0 Å². The van der Waals surface area contributed by atoms with Crippen molar-refractivity contribution in [3.05, 3.63) is 70.0 Å². The lowest BCUT2D eigenvalue weighted by Gasteiger charge is -2.09. The van der Waals surface area contributed by atoms with E-state index in [2.05, 4.69) is 15.8 Å². The SMILES string of the molecule is CCCCNC(=O)c1ccc(Cl)cc1C(=O)N/N=C/c1ccc(F)cc1. The molecule has 0 atom stereocenters. The first-order valence-corrected chi connectivity index (χ1v) is 8.55. The molecule has 0 saturated heterocycles. The van der Waals surface area contributed by atoms with Crippen LogP contribution < -0.4 is 10.7 Å². The van der Waals surface area contributed by atoms with E-state index in [1.54, 1.807) is 6.07 Å². The molecule has 0 radical (unpaired) electrons. The van der Waals surface area contributed by atoms with Crippen LogP contribution in [0.1, 0.15) is 46.0 Å². The summed E-state index contributed by atoms with van der Waals surface area (Å²) >= 11 is 5.95. The van der Waals surface area contributed by atoms with E-state index >= 15 is 0 Å². The Labute approximate surface area is 156 Å². The maximum atomic E-state index is 12.9. The molecule has 0 bridgehead atoms. The molecule has 136 valence electrons. The number of nitrogens with zero attached hydrogens (tertiary/aromatic N) is 1. The van der Waals surface area contributed by atoms with Gasteiger partial charge in [0, 0.05) is 11.6 Å². The summed E-state index contributed by atoms with van der Waals surface area (Å²) in [6.07, 6.45) is 3.18. The minimum atomic E-state index is -0.563. The Morgan fingerprint density at radius 2 is 1.85 bits per heavy atom. The van der Waals surface area contributed by atoms with Gasteiger partial charge in [-0.3, -0.25) is 9.59 Å². The molecule has 0 saturated carbocycles. The van der Waals surface area contributed by atoms with Gasteiger partial charge in [-0.1, -0.05) is 37.1 Å². The third-order valence-electron chi connectivity index (χ3n) is 3.54. The van der Waals surface area contributed by atoms with Crippen molar-refractivity contribution in [2.24, 2.45) is 5.10 Å². The molecule has 0 aromatic heterocycles. The zero-order chi connectivity index (χ0) is 18.9. The van der Waals surface area contributed by atoms with Gasteiger partial charge >= 0.3 is 0 Å². The van der Waals surface area contributed by atoms with E-state index in [1.807, 2.05) is 6.92 Å². The predicted octanol–water partition coefficient (Wildman–Crippen LogP) is 3.77. The topological polar surface area (TPSA) is 70.6 Å². The van der Waals surface area contributed by atoms with Crippen molar-refractivity contribution in [3.63, 3.8) is 0 Å². The zero-order valence-electron chi connectivity index (χ0n) is 14.3. The van der Waals surface area contributed by atoms with Crippen LogP contribution in [-0.2, 0) is 0 Å². The summed E-state index contributed by atoms with van der Waals surface area (Å²) in [7, 11) is 0. The first-order chi connectivity index (χ1) is 12.5. The van der Waals surface area contributed by atoms with Gasteiger partial charge in [0.15, 0.2) is 0 Å². The summed E-state index contributed by atoms with van der Waals surface area (Å²) in [5.41, 5.74) is 3.32. The Morgan fingerprint density at radius 3 is 2.54 bits per heavy atom. The van der Waals surface area contributed by atoms with E-state index in [0.29, 0.717) is 17.1 Å². The average molecular weight is 376 g/mol. The molecular weight excluding hydrogens is 357 g/mol. The molecule has 0 aliphatic carbocycles. The second-order valence-corrected chi connectivity index (χ2v) is 5.99. The van der Waals surface area contributed by atoms with Crippen LogP contribution in [0, 0.1) is 5.82 Å². The van der Waals surface area contributed by atoms with E-state index < -0.39 is 5.91 Å². The largest absolute Gasteiger partial charge is 0.352 e. The van der Waals surface area contributed by atoms with Gasteiger partial charge in [0.2, 0.25) is 0 Å². The number of hydrazone groups is 1. The molecule has 2 aromatic carbocycles. The third-order valence-corrected chi connectivity index (χ3v) is 3.77. The Balaban J connectivity index is 2.10. The highest BCUT2D eigenvalue weighted by Gasteiger charge is 2.17. The molecule has 0 spiro atoms. The van der Waals surface area contributed by atoms with Crippen LogP contribution in [0.15, 0.2) is 47.6 Å². The summed E-state index contributed by atoms with van der Waals surface area (Å²) in [4.78, 5) is 24.6. The smallest absolute Gasteiger partial charge is 0.272 e. The number of rotatable bonds is 7. The molecule has 2 N–H and O–H groups in total. The number of halogens is 2. The van der Waals surface area contributed by atoms with Crippen molar-refractivity contribution >= 4 is 29.6 Å². The molecule has 7 heteroatoms. The number of hydrogen-bond acceptors (Lipinski definition) is 3. The number of nitrogens with one attached hydrogen (secondary N) is 2. The van der Waals surface area contributed by atoms with Gasteiger partial charge in [0.05, 0.1) is 17.3 Å². The summed E-state index contributed by atoms with van der Waals surface area (Å²) in [5, 5.41) is 6.93. The first-order valence-electron chi connectivity index (χ1n) is 8.18. The van der Waals surface area contributed by atoms with Crippen LogP contribution in [0.2, 0.25) is 5.02 Å². The quantitative estimate of drug-likeness (QED) is 0.439. The molecule has 0 aliphatic rings. The molecule has 0 aliphatic heterocycles. The minimum absolute atomic E-state index is 0.128. The molecule has 2 aromatic rings. The van der Waals surface area contributed by atoms with E-state index in [-0.39, 0.29) is 22.9 Å². The summed E-state index contributed by atoms with van der Waals surface area (Å²) in [6.45, 7) is 2.55. The van der Waals surface area contributed by atoms with Crippen LogP contribution in [0.3, 0.4) is 0 Å². The Morgan fingerprint density at radius 1 is 1.12 bits per heavy atom. The highest BCUT2D eigenvalue weighted by atomic mass is 35.5. The minimum Gasteiger partial charge on any atom is -0.352 e. The van der Waals surface area contributed by atoms with E-state index in [4.69, 9.17) is 11.6 Å². The zero-order valence-corrected chi connectivity index (χ0v) is 15.0. The highest BCUT2D eigenvalue weighted by molar-refractivity contribution is 6.31. The third kappa shape index (κ3) is 5.67. The van der Waals surface area contributed by atoms with Crippen LogP contribution in [0.25, 0.3) is 0 Å². The summed E-state index contributed by atoms with van der Waals surface area (Å²) in [6, 6.07) is 10.1. The van der Waals surface area contributed by atoms with E-state index in [1.165, 1.54) is 42.6 Å². The van der Waals surface area contributed by atoms with Gasteiger partial charge in [0.1, 0.15) is 5.82 Å². The predicted molar refractivity (Wildman–Crippen MR) is 100 cm³/mol. The number of hydrogen-bond donors (Lipinski definition) is 2. The van der Waals surface area contributed by atoms with Gasteiger partial charge in [-0.2, -0.15) is 5.10 Å². The molecule has 0 fully saturated rings. The molecule has 0 heterocycles. The summed E-state index contributed by atoms with van der Waals surface area (Å²) in [5.74, 6) is -1.27. The van der Waals surface area contributed by atoms with Crippen molar-refractivity contribution < 1.29 is 14.0 Å². The second kappa shape index (κ2) is 9.68. The molecule has 5 nitrogen and oxygen atoms in total. The lowest BCUT2D eigenvalue weighted by atomic mass is 10.1. The van der Waals surface area contributed by atoms with E-state index in [0.717, 1.165) is 12.8 Å². The molecule has 26 heavy (non-hydrogen) atoms. The van der Waals surface area contributed by atoms with Crippen LogP contribution in [-0.4, -0.2) is 24.6 Å². The van der Waals surface area contributed by atoms with Gasteiger partial charge in [-0.15, -0.1) is 0 Å². The van der Waals surface area contributed by atoms with Crippen LogP contribution in [0.4, 0.5) is 4.39 Å². The monoisotopic (exact) mass is 375 g/mol. The number of carbonyl (C=O) groups excluding carboxylic acids is 2. The molecule has 0 unspecified atom stereocenters. The molecule has 2 rings (SSSR count). The van der Waals surface area contributed by atoms with Crippen molar-refractivity contribution in [1.29, 1.82) is 0 Å². The highest BCUT2D eigenvalue weighted by Crippen LogP contribution is 2.16. The van der Waals surface area contributed by atoms with Crippen molar-refractivity contribution in [2.75, 3.05) is 6.54 Å². The number of amides is 2. The number of unbranched alkanes of at least 4 members (excludes halogenated alkanes) is 1. The fourth-order valence-corrected chi connectivity index (χ4v) is 2.32. The Bertz CT molecular complexity index is 807. The Hall–Kier alpha value is -2.73. The second-order valence-electron chi connectivity index (χ2n) is 5.55. The fourth-order valence-electron chi connectivity index (χ4n) is 2.15. The molecular formula is C19H19ClFN3O2.